The molecule has 0 atom stereocenters. The summed E-state index contributed by atoms with van der Waals surface area (Å²) in [6, 6.07) is 20.6. The molecule has 0 fully saturated rings. The average molecular weight is 404 g/mol. The monoisotopic (exact) mass is 404 g/mol. The molecule has 0 bridgehead atoms. The first-order chi connectivity index (χ1) is 14.6. The van der Waals surface area contributed by atoms with E-state index in [0.29, 0.717) is 22.6 Å². The Morgan fingerprint density at radius 3 is 1.30 bits per heavy atom. The summed E-state index contributed by atoms with van der Waals surface area (Å²) in [4.78, 5) is 23.3. The molecule has 6 heteroatoms. The summed E-state index contributed by atoms with van der Waals surface area (Å²) in [7, 11) is 0. The van der Waals surface area contributed by atoms with Gasteiger partial charge < -0.3 is 29.3 Å². The van der Waals surface area contributed by atoms with Crippen molar-refractivity contribution in [2.45, 2.75) is 12.8 Å². The second-order valence-corrected chi connectivity index (χ2v) is 6.52. The number of hydrogen-bond acceptors (Lipinski definition) is 6. The highest BCUT2D eigenvalue weighted by atomic mass is 16.5. The van der Waals surface area contributed by atoms with Crippen molar-refractivity contribution in [1.29, 1.82) is 0 Å². The number of hydrogen-bond donors (Lipinski definition) is 0. The maximum atomic E-state index is 11.6. The van der Waals surface area contributed by atoms with E-state index in [9.17, 15) is 19.8 Å². The molecule has 0 heterocycles. The normalized spacial score (nSPS) is 10.4. The lowest BCUT2D eigenvalue weighted by molar-refractivity contribution is -0.256. The average Bonchev–Trinajstić information content (AvgIpc) is 2.75. The smallest absolute Gasteiger partial charge is 0.119 e. The number of carboxylic acid groups (broad SMARTS) is 2. The third-order valence-corrected chi connectivity index (χ3v) is 4.60. The molecule has 30 heavy (non-hydrogen) atoms. The van der Waals surface area contributed by atoms with Crippen molar-refractivity contribution >= 4 is 11.9 Å². The largest absolute Gasteiger partial charge is 0.545 e. The van der Waals surface area contributed by atoms with Gasteiger partial charge in [0.2, 0.25) is 0 Å². The van der Waals surface area contributed by atoms with Crippen molar-refractivity contribution in [3.05, 3.63) is 95.1 Å². The third kappa shape index (κ3) is 5.38. The minimum absolute atomic E-state index is 0.0635. The lowest BCUT2D eigenvalue weighted by Gasteiger charge is -2.20. The van der Waals surface area contributed by atoms with Crippen LogP contribution in [0.2, 0.25) is 0 Å². The van der Waals surface area contributed by atoms with Crippen LogP contribution in [0.1, 0.15) is 31.8 Å². The number of benzene rings is 3. The zero-order valence-electron chi connectivity index (χ0n) is 16.2. The molecule has 0 aliphatic heterocycles. The van der Waals surface area contributed by atoms with Gasteiger partial charge in [-0.1, -0.05) is 48.5 Å². The molecule has 0 spiro atoms. The molecule has 154 valence electrons. The number of carboxylic acids is 2. The molecule has 0 aliphatic rings. The van der Waals surface area contributed by atoms with Crippen molar-refractivity contribution in [2.75, 3.05) is 13.2 Å². The molecule has 3 aromatic rings. The maximum Gasteiger partial charge on any atom is 0.119 e. The number of ether oxygens (including phenoxy) is 2. The van der Waals surface area contributed by atoms with Crippen LogP contribution in [0.4, 0.5) is 0 Å². The Bertz CT molecular complexity index is 916. The van der Waals surface area contributed by atoms with Crippen LogP contribution < -0.4 is 19.7 Å². The van der Waals surface area contributed by atoms with Crippen molar-refractivity contribution < 1.29 is 29.3 Å². The maximum absolute atomic E-state index is 11.6. The fourth-order valence-electron chi connectivity index (χ4n) is 3.22. The van der Waals surface area contributed by atoms with Gasteiger partial charge in [0.1, 0.15) is 11.5 Å². The second kappa shape index (κ2) is 10.1. The van der Waals surface area contributed by atoms with Gasteiger partial charge in [0, 0.05) is 24.0 Å². The quantitative estimate of drug-likeness (QED) is 0.510. The highest BCUT2D eigenvalue weighted by Gasteiger charge is 2.15. The van der Waals surface area contributed by atoms with E-state index in [1.165, 1.54) is 12.1 Å². The zero-order chi connectivity index (χ0) is 21.3. The SMILES string of the molecule is O=C([O-])c1ccc(C(=O)[O-])c(CCOc2ccccc2)c1CCOc1ccccc1. The van der Waals surface area contributed by atoms with Crippen LogP contribution in [0.3, 0.4) is 0 Å². The number of carbonyl (C=O) groups is 2. The Labute approximate surface area is 174 Å². The van der Waals surface area contributed by atoms with Gasteiger partial charge in [0.25, 0.3) is 0 Å². The molecule has 0 radical (unpaired) electrons. The van der Waals surface area contributed by atoms with E-state index in [1.54, 1.807) is 24.3 Å². The van der Waals surface area contributed by atoms with Crippen LogP contribution in [0.25, 0.3) is 0 Å². The van der Waals surface area contributed by atoms with Gasteiger partial charge in [-0.05, 0) is 35.4 Å². The van der Waals surface area contributed by atoms with Gasteiger partial charge in [-0.2, -0.15) is 0 Å². The van der Waals surface area contributed by atoms with Crippen LogP contribution in [0.5, 0.6) is 11.5 Å². The van der Waals surface area contributed by atoms with Gasteiger partial charge in [-0.3, -0.25) is 0 Å². The van der Waals surface area contributed by atoms with Gasteiger partial charge in [-0.15, -0.1) is 0 Å². The molecular formula is C24H20O6-2. The lowest BCUT2D eigenvalue weighted by atomic mass is 9.92. The molecule has 0 aliphatic carbocycles. The first kappa shape index (κ1) is 20.9. The van der Waals surface area contributed by atoms with E-state index in [4.69, 9.17) is 9.47 Å². The Morgan fingerprint density at radius 1 is 0.600 bits per heavy atom. The minimum Gasteiger partial charge on any atom is -0.545 e. The van der Waals surface area contributed by atoms with Crippen LogP contribution >= 0.6 is 0 Å². The fourth-order valence-corrected chi connectivity index (χ4v) is 3.22. The summed E-state index contributed by atoms with van der Waals surface area (Å²) < 4.78 is 11.3. The predicted octanol–water partition coefficient (Wildman–Crippen LogP) is 1.66. The molecule has 0 saturated carbocycles. The molecule has 0 aromatic heterocycles. The van der Waals surface area contributed by atoms with Gasteiger partial charge >= 0.3 is 0 Å². The predicted molar refractivity (Wildman–Crippen MR) is 106 cm³/mol. The van der Waals surface area contributed by atoms with Crippen LogP contribution in [-0.2, 0) is 12.8 Å². The first-order valence-corrected chi connectivity index (χ1v) is 9.49. The molecule has 3 aromatic carbocycles. The summed E-state index contributed by atoms with van der Waals surface area (Å²) in [5, 5.41) is 23.3. The molecule has 0 unspecified atom stereocenters. The molecule has 0 N–H and O–H groups in total. The number of aromatic carboxylic acids is 2. The van der Waals surface area contributed by atoms with Crippen LogP contribution in [-0.4, -0.2) is 25.2 Å². The fraction of sp³-hybridized carbons (Fsp3) is 0.167. The molecule has 0 saturated heterocycles. The van der Waals surface area contributed by atoms with E-state index < -0.39 is 11.9 Å². The van der Waals surface area contributed by atoms with Crippen molar-refractivity contribution in [3.8, 4) is 11.5 Å². The van der Waals surface area contributed by atoms with E-state index >= 15 is 0 Å². The van der Waals surface area contributed by atoms with E-state index in [0.717, 1.165) is 0 Å². The number of rotatable bonds is 10. The Hall–Kier alpha value is -3.80. The second-order valence-electron chi connectivity index (χ2n) is 6.52. The molecule has 6 nitrogen and oxygen atoms in total. The van der Waals surface area contributed by atoms with Gasteiger partial charge in [-0.25, -0.2) is 0 Å². The summed E-state index contributed by atoms with van der Waals surface area (Å²) in [6.45, 7) is 0.348. The first-order valence-electron chi connectivity index (χ1n) is 9.49. The summed E-state index contributed by atoms with van der Waals surface area (Å²) in [6.07, 6.45) is 0.389. The van der Waals surface area contributed by atoms with Crippen molar-refractivity contribution in [2.24, 2.45) is 0 Å². The highest BCUT2D eigenvalue weighted by molar-refractivity contribution is 5.93. The number of carbonyl (C=O) groups excluding carboxylic acids is 2. The topological polar surface area (TPSA) is 98.7 Å². The van der Waals surface area contributed by atoms with E-state index in [2.05, 4.69) is 0 Å². The summed E-state index contributed by atoms with van der Waals surface area (Å²) in [5.74, 6) is -1.48. The third-order valence-electron chi connectivity index (χ3n) is 4.60. The lowest BCUT2D eigenvalue weighted by Crippen LogP contribution is -2.29. The number of para-hydroxylation sites is 2. The zero-order valence-corrected chi connectivity index (χ0v) is 16.2. The highest BCUT2D eigenvalue weighted by Crippen LogP contribution is 2.22. The molecule has 3 rings (SSSR count). The van der Waals surface area contributed by atoms with Crippen LogP contribution in [0.15, 0.2) is 72.8 Å². The van der Waals surface area contributed by atoms with Crippen molar-refractivity contribution in [1.82, 2.24) is 0 Å². The Kier molecular flexibility index (Phi) is 7.05. The molecule has 0 amide bonds. The van der Waals surface area contributed by atoms with Gasteiger partial charge in [0.15, 0.2) is 0 Å². The standard InChI is InChI=1S/C24H22O6/c25-23(26)21-11-12-22(24(27)28)20(14-16-30-18-9-5-2-6-10-18)19(21)13-15-29-17-7-3-1-4-8-17/h1-12H,13-16H2,(H,25,26)(H,27,28)/p-2. The minimum atomic E-state index is -1.38. The van der Waals surface area contributed by atoms with E-state index in [1.807, 2.05) is 36.4 Å². The van der Waals surface area contributed by atoms with Gasteiger partial charge in [0.05, 0.1) is 25.2 Å². The van der Waals surface area contributed by atoms with Crippen molar-refractivity contribution in [3.63, 3.8) is 0 Å². The molecular weight excluding hydrogens is 384 g/mol. The summed E-state index contributed by atoms with van der Waals surface area (Å²) >= 11 is 0. The Balaban J connectivity index is 1.83. The summed E-state index contributed by atoms with van der Waals surface area (Å²) in [5.41, 5.74) is 0.575. The van der Waals surface area contributed by atoms with E-state index in [-0.39, 0.29) is 37.2 Å². The van der Waals surface area contributed by atoms with Crippen LogP contribution in [0, 0.1) is 0 Å². The Morgan fingerprint density at radius 2 is 0.967 bits per heavy atom.